The van der Waals surface area contributed by atoms with Crippen molar-refractivity contribution in [1.82, 2.24) is 5.32 Å². The summed E-state index contributed by atoms with van der Waals surface area (Å²) in [4.78, 5) is 22.4. The molecule has 0 unspecified atom stereocenters. The van der Waals surface area contributed by atoms with Crippen LogP contribution >= 0.6 is 0 Å². The van der Waals surface area contributed by atoms with Crippen LogP contribution in [-0.2, 0) is 11.2 Å². The minimum atomic E-state index is -5.99. The number of halogens is 5. The molecular weight excluding hydrogens is 308 g/mol. The molecule has 0 aliphatic heterocycles. The predicted octanol–water partition coefficient (Wildman–Crippen LogP) is 2.10. The van der Waals surface area contributed by atoms with E-state index in [2.05, 4.69) is 0 Å². The van der Waals surface area contributed by atoms with E-state index in [0.717, 1.165) is 7.85 Å². The summed E-state index contributed by atoms with van der Waals surface area (Å²) in [6, 6.07) is 6.39. The number of alkyl halides is 5. The van der Waals surface area contributed by atoms with Gasteiger partial charge in [-0.15, -0.1) is 0 Å². The smallest absolute Gasteiger partial charge is 0.355 e. The summed E-state index contributed by atoms with van der Waals surface area (Å²) in [5.41, 5.74) is 0.654. The summed E-state index contributed by atoms with van der Waals surface area (Å²) in [6.07, 6.45) is -6.27. The molecule has 1 atom stereocenters. The fraction of sp³-hybridized carbons (Fsp3) is 0.385. The van der Waals surface area contributed by atoms with Crippen molar-refractivity contribution in [2.45, 2.75) is 31.0 Å². The molecule has 0 aromatic heterocycles. The summed E-state index contributed by atoms with van der Waals surface area (Å²) in [5.74, 6) is -8.72. The Kier molecular flexibility index (Phi) is 5.68. The second-order valence-corrected chi connectivity index (χ2v) is 4.71. The Morgan fingerprint density at radius 2 is 1.64 bits per heavy atom. The Morgan fingerprint density at radius 3 is 2.09 bits per heavy atom. The largest absolute Gasteiger partial charge is 0.461 e. The molecular formula is C13H13BF5NO2. The molecule has 0 aliphatic rings. The zero-order valence-corrected chi connectivity index (χ0v) is 11.6. The number of Topliss-reactive ketones (excluding diaryl/α,β-unsaturated/α-hetero) is 1. The third-order valence-electron chi connectivity index (χ3n) is 2.92. The highest BCUT2D eigenvalue weighted by molar-refractivity contribution is 6.57. The van der Waals surface area contributed by atoms with E-state index in [0.29, 0.717) is 5.56 Å². The van der Waals surface area contributed by atoms with Crippen molar-refractivity contribution in [2.75, 3.05) is 0 Å². The van der Waals surface area contributed by atoms with Gasteiger partial charge >= 0.3 is 12.1 Å². The molecule has 0 saturated carbocycles. The molecule has 1 aromatic carbocycles. The molecule has 0 fully saturated rings. The van der Waals surface area contributed by atoms with Gasteiger partial charge in [0.2, 0.25) is 13.6 Å². The van der Waals surface area contributed by atoms with Crippen LogP contribution in [0.4, 0.5) is 26.7 Å². The van der Waals surface area contributed by atoms with Gasteiger partial charge in [0.15, 0.2) is 5.81 Å². The van der Waals surface area contributed by atoms with Crippen LogP contribution in [-0.4, -0.2) is 37.6 Å². The van der Waals surface area contributed by atoms with E-state index in [9.17, 15) is 31.5 Å². The number of amides is 1. The Balaban J connectivity index is 2.88. The zero-order chi connectivity index (χ0) is 17.0. The van der Waals surface area contributed by atoms with Crippen LogP contribution in [0.15, 0.2) is 30.3 Å². The van der Waals surface area contributed by atoms with E-state index in [1.165, 1.54) is 0 Å². The Morgan fingerprint density at radius 1 is 1.09 bits per heavy atom. The fourth-order valence-electron chi connectivity index (χ4n) is 1.83. The van der Waals surface area contributed by atoms with Crippen molar-refractivity contribution in [3.05, 3.63) is 35.9 Å². The molecule has 120 valence electrons. The molecule has 1 N–H and O–H groups in total. The molecule has 9 heteroatoms. The van der Waals surface area contributed by atoms with Crippen LogP contribution in [0.2, 0.25) is 0 Å². The highest BCUT2D eigenvalue weighted by Gasteiger charge is 2.64. The first kappa shape index (κ1) is 18.1. The van der Waals surface area contributed by atoms with Crippen LogP contribution in [0, 0.1) is 0 Å². The summed E-state index contributed by atoms with van der Waals surface area (Å²) in [7, 11) is 0.939. The molecule has 0 heterocycles. The minimum absolute atomic E-state index is 0.0749. The van der Waals surface area contributed by atoms with Gasteiger partial charge in [0.25, 0.3) is 0 Å². The molecule has 0 spiro atoms. The predicted molar refractivity (Wildman–Crippen MR) is 71.6 cm³/mol. The Bertz CT molecular complexity index is 533. The van der Waals surface area contributed by atoms with E-state index >= 15 is 0 Å². The molecule has 1 aromatic rings. The third kappa shape index (κ3) is 4.54. The standard InChI is InChI=1S/C13H13BF5NO2/c14-11(22)20-9(7-6-8-4-2-1-3-5-8)10(21)12(15,16)13(17,18)19/h1-5,9H,6-7,14H2,(H,20,22)/t9-/m0/s1. The molecule has 3 nitrogen and oxygen atoms in total. The molecule has 0 bridgehead atoms. The van der Waals surface area contributed by atoms with Crippen LogP contribution in [0.3, 0.4) is 0 Å². The van der Waals surface area contributed by atoms with E-state index in [1.54, 1.807) is 30.3 Å². The first-order valence-electron chi connectivity index (χ1n) is 6.35. The number of carbonyl (C=O) groups is 2. The second kappa shape index (κ2) is 6.89. The number of benzene rings is 1. The molecule has 1 rings (SSSR count). The molecule has 22 heavy (non-hydrogen) atoms. The lowest BCUT2D eigenvalue weighted by Gasteiger charge is -2.24. The zero-order valence-electron chi connectivity index (χ0n) is 11.6. The monoisotopic (exact) mass is 321 g/mol. The molecule has 0 aliphatic carbocycles. The van der Waals surface area contributed by atoms with Gasteiger partial charge in [-0.25, -0.2) is 0 Å². The number of rotatable bonds is 6. The quantitative estimate of drug-likeness (QED) is 0.644. The van der Waals surface area contributed by atoms with Crippen LogP contribution in [0.5, 0.6) is 0 Å². The van der Waals surface area contributed by atoms with Crippen molar-refractivity contribution in [3.63, 3.8) is 0 Å². The van der Waals surface area contributed by atoms with Crippen LogP contribution < -0.4 is 5.32 Å². The number of ketones is 1. The van der Waals surface area contributed by atoms with Crippen molar-refractivity contribution < 1.29 is 31.5 Å². The highest BCUT2D eigenvalue weighted by Crippen LogP contribution is 2.37. The normalized spacial score (nSPS) is 13.5. The van der Waals surface area contributed by atoms with Gasteiger partial charge in [0.1, 0.15) is 0 Å². The van der Waals surface area contributed by atoms with Gasteiger partial charge in [0, 0.05) is 0 Å². The van der Waals surface area contributed by atoms with E-state index in [1.807, 2.05) is 5.32 Å². The van der Waals surface area contributed by atoms with Gasteiger partial charge in [-0.05, 0) is 18.4 Å². The minimum Gasteiger partial charge on any atom is -0.355 e. The third-order valence-corrected chi connectivity index (χ3v) is 2.92. The number of nitrogens with one attached hydrogen (secondary N) is 1. The van der Waals surface area contributed by atoms with Gasteiger partial charge in [0.05, 0.1) is 6.04 Å². The summed E-state index contributed by atoms with van der Waals surface area (Å²) in [5, 5.41) is 1.86. The maximum atomic E-state index is 13.1. The van der Waals surface area contributed by atoms with Crippen molar-refractivity contribution >= 4 is 19.4 Å². The van der Waals surface area contributed by atoms with Gasteiger partial charge in [-0.1, -0.05) is 30.3 Å². The molecule has 0 saturated heterocycles. The lowest BCUT2D eigenvalue weighted by molar-refractivity contribution is -0.269. The van der Waals surface area contributed by atoms with E-state index in [4.69, 9.17) is 0 Å². The Labute approximate surface area is 124 Å². The van der Waals surface area contributed by atoms with Gasteiger partial charge < -0.3 is 5.32 Å². The number of aryl methyl sites for hydroxylation is 1. The van der Waals surface area contributed by atoms with E-state index < -0.39 is 29.7 Å². The van der Waals surface area contributed by atoms with Gasteiger partial charge in [-0.3, -0.25) is 9.59 Å². The lowest BCUT2D eigenvalue weighted by atomic mass is 9.97. The summed E-state index contributed by atoms with van der Waals surface area (Å²) < 4.78 is 63.0. The second-order valence-electron chi connectivity index (χ2n) is 4.71. The number of hydrogen-bond acceptors (Lipinski definition) is 2. The Hall–Kier alpha value is -1.93. The number of hydrogen-bond donors (Lipinski definition) is 1. The van der Waals surface area contributed by atoms with Crippen molar-refractivity contribution in [3.8, 4) is 0 Å². The van der Waals surface area contributed by atoms with Crippen molar-refractivity contribution in [2.24, 2.45) is 0 Å². The van der Waals surface area contributed by atoms with E-state index in [-0.39, 0.29) is 12.8 Å². The summed E-state index contributed by atoms with van der Waals surface area (Å²) >= 11 is 0. The first-order chi connectivity index (χ1) is 10.1. The first-order valence-corrected chi connectivity index (χ1v) is 6.35. The molecule has 1 amide bonds. The van der Waals surface area contributed by atoms with Crippen molar-refractivity contribution in [1.29, 1.82) is 0 Å². The average Bonchev–Trinajstić information content (AvgIpc) is 2.42. The fourth-order valence-corrected chi connectivity index (χ4v) is 1.83. The highest BCUT2D eigenvalue weighted by atomic mass is 19.4. The average molecular weight is 321 g/mol. The van der Waals surface area contributed by atoms with Crippen LogP contribution in [0.1, 0.15) is 12.0 Å². The van der Waals surface area contributed by atoms with Gasteiger partial charge in [-0.2, -0.15) is 22.0 Å². The SMILES string of the molecule is BC(=O)N[C@@H](CCc1ccccc1)C(=O)C(F)(F)C(F)(F)F. The number of carbonyl (C=O) groups excluding carboxylic acids is 2. The molecule has 0 radical (unpaired) electrons. The maximum Gasteiger partial charge on any atom is 0.461 e. The van der Waals surface area contributed by atoms with Crippen LogP contribution in [0.25, 0.3) is 0 Å². The topological polar surface area (TPSA) is 46.2 Å². The summed E-state index contributed by atoms with van der Waals surface area (Å²) in [6.45, 7) is 0. The maximum absolute atomic E-state index is 13.1. The lowest BCUT2D eigenvalue weighted by Crippen LogP contribution is -2.54.